The number of hydrogen-bond acceptors (Lipinski definition) is 1. The Hall–Kier alpha value is 0.300. The van der Waals surface area contributed by atoms with E-state index in [2.05, 4.69) is 15.9 Å². The van der Waals surface area contributed by atoms with Gasteiger partial charge >= 0.3 is 4.83 Å². The van der Waals surface area contributed by atoms with Crippen LogP contribution >= 0.6 is 15.9 Å². The third-order valence-corrected chi connectivity index (χ3v) is 2.34. The normalized spacial score (nSPS) is 19.0. The first-order valence-corrected chi connectivity index (χ1v) is 4.54. The highest BCUT2D eigenvalue weighted by atomic mass is 79.9. The van der Waals surface area contributed by atoms with Crippen LogP contribution in [0.3, 0.4) is 0 Å². The van der Waals surface area contributed by atoms with Crippen molar-refractivity contribution in [2.24, 2.45) is 5.41 Å². The fourth-order valence-electron chi connectivity index (χ4n) is 1.13. The third-order valence-electron chi connectivity index (χ3n) is 1.49. The molecule has 0 aromatic rings. The van der Waals surface area contributed by atoms with E-state index in [9.17, 15) is 13.9 Å². The van der Waals surface area contributed by atoms with Gasteiger partial charge in [-0.15, -0.1) is 0 Å². The summed E-state index contributed by atoms with van der Waals surface area (Å²) in [7, 11) is 0. The molecule has 0 aromatic carbocycles. The second-order valence-electron chi connectivity index (χ2n) is 4.51. The highest BCUT2D eigenvalue weighted by Crippen LogP contribution is 2.41. The average molecular weight is 245 g/mol. The van der Waals surface area contributed by atoms with Crippen LogP contribution in [0.5, 0.6) is 0 Å². The second-order valence-corrected chi connectivity index (χ2v) is 5.50. The first kappa shape index (κ1) is 12.3. The predicted octanol–water partition coefficient (Wildman–Crippen LogP) is 3.16. The zero-order valence-corrected chi connectivity index (χ0v) is 9.37. The van der Waals surface area contributed by atoms with Gasteiger partial charge in [-0.25, -0.2) is 0 Å². The van der Waals surface area contributed by atoms with Crippen molar-refractivity contribution in [2.75, 3.05) is 0 Å². The first-order valence-electron chi connectivity index (χ1n) is 3.75. The molecule has 0 heterocycles. The van der Waals surface area contributed by atoms with Crippen LogP contribution in [0.25, 0.3) is 0 Å². The SMILES string of the molecule is CC(C)(C)CC(C)(O)C(F)(F)Br. The van der Waals surface area contributed by atoms with Gasteiger partial charge < -0.3 is 5.11 Å². The summed E-state index contributed by atoms with van der Waals surface area (Å²) in [6.07, 6.45) is 0.0399. The Balaban J connectivity index is 4.44. The summed E-state index contributed by atoms with van der Waals surface area (Å²) in [5.74, 6) is 0. The number of halogens is 3. The zero-order valence-electron chi connectivity index (χ0n) is 7.79. The minimum absolute atomic E-state index is 0.0399. The predicted molar refractivity (Wildman–Crippen MR) is 48.6 cm³/mol. The van der Waals surface area contributed by atoms with Gasteiger partial charge in [-0.3, -0.25) is 0 Å². The largest absolute Gasteiger partial charge is 0.383 e. The molecule has 0 fully saturated rings. The Morgan fingerprint density at radius 3 is 1.58 bits per heavy atom. The summed E-state index contributed by atoms with van der Waals surface area (Å²) in [6.45, 7) is 6.55. The fourth-order valence-corrected chi connectivity index (χ4v) is 1.27. The number of rotatable bonds is 2. The molecule has 0 aliphatic rings. The Morgan fingerprint density at radius 2 is 1.50 bits per heavy atom. The maximum atomic E-state index is 12.7. The van der Waals surface area contributed by atoms with Crippen molar-refractivity contribution in [3.05, 3.63) is 0 Å². The molecule has 0 amide bonds. The van der Waals surface area contributed by atoms with E-state index in [1.54, 1.807) is 20.8 Å². The first-order chi connectivity index (χ1) is 4.96. The lowest BCUT2D eigenvalue weighted by Gasteiger charge is -2.34. The molecule has 1 atom stereocenters. The molecule has 74 valence electrons. The Bertz CT molecular complexity index is 155. The van der Waals surface area contributed by atoms with Crippen molar-refractivity contribution >= 4 is 15.9 Å². The van der Waals surface area contributed by atoms with Crippen LogP contribution in [-0.4, -0.2) is 15.5 Å². The Morgan fingerprint density at radius 1 is 1.17 bits per heavy atom. The minimum atomic E-state index is -3.23. The average Bonchev–Trinajstić information content (AvgIpc) is 1.52. The summed E-state index contributed by atoms with van der Waals surface area (Å²) in [4.78, 5) is -3.23. The molecule has 12 heavy (non-hydrogen) atoms. The molecule has 0 aliphatic heterocycles. The van der Waals surface area contributed by atoms with Gasteiger partial charge in [0.05, 0.1) is 0 Å². The number of hydrogen-bond donors (Lipinski definition) is 1. The molecule has 0 radical (unpaired) electrons. The molecule has 0 spiro atoms. The fraction of sp³-hybridized carbons (Fsp3) is 1.00. The number of alkyl halides is 3. The van der Waals surface area contributed by atoms with Crippen LogP contribution in [0.4, 0.5) is 8.78 Å². The summed E-state index contributed by atoms with van der Waals surface area (Å²) in [6, 6.07) is 0. The molecule has 4 heteroatoms. The van der Waals surface area contributed by atoms with Crippen molar-refractivity contribution in [3.63, 3.8) is 0 Å². The van der Waals surface area contributed by atoms with Gasteiger partial charge in [0.25, 0.3) is 0 Å². The van der Waals surface area contributed by atoms with Crippen LogP contribution in [0, 0.1) is 5.41 Å². The monoisotopic (exact) mass is 244 g/mol. The highest BCUT2D eigenvalue weighted by molar-refractivity contribution is 9.10. The quantitative estimate of drug-likeness (QED) is 0.741. The third kappa shape index (κ3) is 3.81. The van der Waals surface area contributed by atoms with Crippen LogP contribution in [0.1, 0.15) is 34.1 Å². The maximum absolute atomic E-state index is 12.7. The highest BCUT2D eigenvalue weighted by Gasteiger charge is 2.48. The summed E-state index contributed by atoms with van der Waals surface area (Å²) in [5, 5.41) is 9.39. The van der Waals surface area contributed by atoms with E-state index in [0.29, 0.717) is 0 Å². The van der Waals surface area contributed by atoms with Gasteiger partial charge in [0, 0.05) is 0 Å². The standard InChI is InChI=1S/C8H15BrF2O/c1-6(2,3)5-7(4,12)8(9,10)11/h12H,5H2,1-4H3. The summed E-state index contributed by atoms with van der Waals surface area (Å²) >= 11 is 2.17. The molecule has 1 unspecified atom stereocenters. The lowest BCUT2D eigenvalue weighted by molar-refractivity contribution is -0.122. The Kier molecular flexibility index (Phi) is 3.30. The van der Waals surface area contributed by atoms with Gasteiger partial charge in [0.15, 0.2) is 0 Å². The van der Waals surface area contributed by atoms with E-state index in [4.69, 9.17) is 0 Å². The van der Waals surface area contributed by atoms with E-state index < -0.39 is 10.4 Å². The molecule has 1 N–H and O–H groups in total. The lowest BCUT2D eigenvalue weighted by Crippen LogP contribution is -2.43. The van der Waals surface area contributed by atoms with Crippen molar-refractivity contribution in [1.29, 1.82) is 0 Å². The van der Waals surface area contributed by atoms with Crippen LogP contribution in [0.2, 0.25) is 0 Å². The van der Waals surface area contributed by atoms with Gasteiger partial charge in [-0.1, -0.05) is 20.8 Å². The zero-order chi connectivity index (χ0) is 10.2. The second kappa shape index (κ2) is 3.22. The van der Waals surface area contributed by atoms with E-state index in [-0.39, 0.29) is 11.8 Å². The lowest BCUT2D eigenvalue weighted by atomic mass is 9.83. The molecule has 0 rings (SSSR count). The van der Waals surface area contributed by atoms with Crippen LogP contribution < -0.4 is 0 Å². The van der Waals surface area contributed by atoms with Gasteiger partial charge in [0.1, 0.15) is 5.60 Å². The molecule has 0 saturated carbocycles. The molecular formula is C8H15BrF2O. The maximum Gasteiger partial charge on any atom is 0.329 e. The molecule has 0 aliphatic carbocycles. The topological polar surface area (TPSA) is 20.2 Å². The van der Waals surface area contributed by atoms with Gasteiger partial charge in [-0.05, 0) is 34.7 Å². The van der Waals surface area contributed by atoms with Gasteiger partial charge in [0.2, 0.25) is 0 Å². The van der Waals surface area contributed by atoms with Crippen molar-refractivity contribution in [3.8, 4) is 0 Å². The molecule has 1 nitrogen and oxygen atoms in total. The van der Waals surface area contributed by atoms with E-state index in [1.165, 1.54) is 0 Å². The van der Waals surface area contributed by atoms with Crippen LogP contribution in [0.15, 0.2) is 0 Å². The minimum Gasteiger partial charge on any atom is -0.383 e. The molecule has 0 aromatic heterocycles. The van der Waals surface area contributed by atoms with Gasteiger partial charge in [-0.2, -0.15) is 8.78 Å². The molecule has 0 saturated heterocycles. The number of aliphatic hydroxyl groups is 1. The van der Waals surface area contributed by atoms with E-state index in [0.717, 1.165) is 6.92 Å². The summed E-state index contributed by atoms with van der Waals surface area (Å²) < 4.78 is 25.4. The smallest absolute Gasteiger partial charge is 0.329 e. The van der Waals surface area contributed by atoms with Crippen molar-refractivity contribution in [2.45, 2.75) is 44.5 Å². The molecule has 0 bridgehead atoms. The Labute approximate surface area is 80.3 Å². The van der Waals surface area contributed by atoms with Crippen LogP contribution in [-0.2, 0) is 0 Å². The van der Waals surface area contributed by atoms with Crippen molar-refractivity contribution in [1.82, 2.24) is 0 Å². The molecular weight excluding hydrogens is 230 g/mol. The van der Waals surface area contributed by atoms with E-state index >= 15 is 0 Å². The van der Waals surface area contributed by atoms with E-state index in [1.807, 2.05) is 0 Å². The van der Waals surface area contributed by atoms with Crippen molar-refractivity contribution < 1.29 is 13.9 Å². The summed E-state index contributed by atoms with van der Waals surface area (Å²) in [5.41, 5.74) is -2.31.